The highest BCUT2D eigenvalue weighted by atomic mass is 15.1. The van der Waals surface area contributed by atoms with Crippen LogP contribution in [0.2, 0.25) is 0 Å². The zero-order chi connectivity index (χ0) is 31.6. The van der Waals surface area contributed by atoms with Crippen LogP contribution in [0.4, 0.5) is 0 Å². The number of para-hydroxylation sites is 1. The summed E-state index contributed by atoms with van der Waals surface area (Å²) in [6.07, 6.45) is 1.87. The summed E-state index contributed by atoms with van der Waals surface area (Å²) in [7, 11) is 0. The second-order valence-electron chi connectivity index (χ2n) is 12.2. The van der Waals surface area contributed by atoms with E-state index in [1.54, 1.807) is 0 Å². The molecule has 4 heteroatoms. The second-order valence-corrected chi connectivity index (χ2v) is 12.2. The molecule has 0 unspecified atom stereocenters. The highest BCUT2D eigenvalue weighted by Crippen LogP contribution is 2.45. The third kappa shape index (κ3) is 3.90. The van der Waals surface area contributed by atoms with Gasteiger partial charge in [-0.1, -0.05) is 133 Å². The molecule has 0 spiro atoms. The van der Waals surface area contributed by atoms with Gasteiger partial charge in [-0.25, -0.2) is 9.97 Å². The van der Waals surface area contributed by atoms with E-state index in [2.05, 4.69) is 167 Å². The number of hydrogen-bond donors (Lipinski definition) is 0. The van der Waals surface area contributed by atoms with Gasteiger partial charge in [0.1, 0.15) is 11.6 Å². The molecule has 0 aliphatic rings. The van der Waals surface area contributed by atoms with Crippen LogP contribution in [0, 0.1) is 0 Å². The fourth-order valence-electron chi connectivity index (χ4n) is 7.48. The maximum absolute atomic E-state index is 5.48. The van der Waals surface area contributed by atoms with Crippen LogP contribution in [0.5, 0.6) is 0 Å². The van der Waals surface area contributed by atoms with Crippen molar-refractivity contribution in [3.8, 4) is 39.6 Å². The van der Waals surface area contributed by atoms with E-state index in [1.165, 1.54) is 38.1 Å². The highest BCUT2D eigenvalue weighted by Gasteiger charge is 2.24. The first-order valence-electron chi connectivity index (χ1n) is 16.3. The van der Waals surface area contributed by atoms with Crippen LogP contribution in [0.1, 0.15) is 0 Å². The molecule has 0 saturated carbocycles. The van der Waals surface area contributed by atoms with Gasteiger partial charge in [-0.2, -0.15) is 0 Å². The van der Waals surface area contributed by atoms with Crippen molar-refractivity contribution in [2.24, 2.45) is 0 Å². The molecule has 0 aliphatic heterocycles. The third-order valence-corrected chi connectivity index (χ3v) is 9.55. The summed E-state index contributed by atoms with van der Waals surface area (Å²) < 4.78 is 4.70. The molecule has 0 bridgehead atoms. The minimum absolute atomic E-state index is 0.889. The van der Waals surface area contributed by atoms with E-state index in [1.807, 2.05) is 12.3 Å². The van der Waals surface area contributed by atoms with Crippen molar-refractivity contribution in [2.75, 3.05) is 0 Å². The third-order valence-electron chi connectivity index (χ3n) is 9.55. The van der Waals surface area contributed by atoms with Crippen LogP contribution >= 0.6 is 0 Å². The van der Waals surface area contributed by atoms with E-state index in [4.69, 9.17) is 9.97 Å². The molecule has 4 nitrogen and oxygen atoms in total. The molecule has 10 rings (SSSR count). The predicted molar refractivity (Wildman–Crippen MR) is 199 cm³/mol. The fraction of sp³-hybridized carbons (Fsp3) is 0. The van der Waals surface area contributed by atoms with Gasteiger partial charge in [0.05, 0.1) is 27.8 Å². The zero-order valence-corrected chi connectivity index (χ0v) is 26.0. The van der Waals surface area contributed by atoms with Gasteiger partial charge in [-0.05, 0) is 46.8 Å². The topological polar surface area (TPSA) is 35.1 Å². The van der Waals surface area contributed by atoms with Crippen LogP contribution < -0.4 is 0 Å². The van der Waals surface area contributed by atoms with E-state index >= 15 is 0 Å². The van der Waals surface area contributed by atoms with Gasteiger partial charge >= 0.3 is 0 Å². The Morgan fingerprint density at radius 2 is 1.08 bits per heavy atom. The maximum Gasteiger partial charge on any atom is 0.145 e. The number of nitrogens with zero attached hydrogens (tertiary/aromatic N) is 4. The lowest BCUT2D eigenvalue weighted by Crippen LogP contribution is -1.97. The molecular formula is C44H28N4. The molecular weight excluding hydrogens is 585 g/mol. The van der Waals surface area contributed by atoms with Crippen LogP contribution in [0.25, 0.3) is 88.6 Å². The van der Waals surface area contributed by atoms with E-state index in [9.17, 15) is 0 Å². The summed E-state index contributed by atoms with van der Waals surface area (Å²) in [4.78, 5) is 10.4. The number of aromatic nitrogens is 4. The summed E-state index contributed by atoms with van der Waals surface area (Å²) in [6, 6.07) is 58.0. The normalized spacial score (nSPS) is 11.8. The molecule has 0 aliphatic carbocycles. The molecule has 0 atom stereocenters. The quantitative estimate of drug-likeness (QED) is 0.185. The predicted octanol–water partition coefficient (Wildman–Crippen LogP) is 11.1. The Morgan fingerprint density at radius 1 is 0.417 bits per heavy atom. The van der Waals surface area contributed by atoms with Crippen LogP contribution in [0.3, 0.4) is 0 Å². The van der Waals surface area contributed by atoms with Crippen molar-refractivity contribution >= 4 is 49.0 Å². The first-order chi connectivity index (χ1) is 23.8. The number of hydrogen-bond acceptors (Lipinski definition) is 2. The number of imidazole rings is 1. The van der Waals surface area contributed by atoms with Gasteiger partial charge in [0.15, 0.2) is 0 Å². The first-order valence-corrected chi connectivity index (χ1v) is 16.3. The highest BCUT2D eigenvalue weighted by molar-refractivity contribution is 6.31. The second kappa shape index (κ2) is 10.5. The van der Waals surface area contributed by atoms with Crippen molar-refractivity contribution in [3.05, 3.63) is 170 Å². The van der Waals surface area contributed by atoms with Gasteiger partial charge in [-0.3, -0.25) is 8.97 Å². The molecule has 0 N–H and O–H groups in total. The van der Waals surface area contributed by atoms with Gasteiger partial charge in [-0.15, -0.1) is 0 Å². The Morgan fingerprint density at radius 3 is 1.83 bits per heavy atom. The molecule has 4 aromatic heterocycles. The maximum atomic E-state index is 5.48. The van der Waals surface area contributed by atoms with Crippen molar-refractivity contribution in [3.63, 3.8) is 0 Å². The molecule has 48 heavy (non-hydrogen) atoms. The summed E-state index contributed by atoms with van der Waals surface area (Å²) in [5.41, 5.74) is 9.96. The molecule has 6 aromatic carbocycles. The Labute approximate surface area is 276 Å². The van der Waals surface area contributed by atoms with Crippen LogP contribution in [0.15, 0.2) is 170 Å². The van der Waals surface area contributed by atoms with Crippen molar-refractivity contribution in [2.45, 2.75) is 0 Å². The fourth-order valence-corrected chi connectivity index (χ4v) is 7.48. The Kier molecular flexibility index (Phi) is 5.84. The monoisotopic (exact) mass is 612 g/mol. The average Bonchev–Trinajstić information content (AvgIpc) is 3.73. The van der Waals surface area contributed by atoms with E-state index < -0.39 is 0 Å². The van der Waals surface area contributed by atoms with E-state index in [0.717, 1.165) is 50.5 Å². The molecule has 0 amide bonds. The SMILES string of the molecule is c1ccc(-c2ccc3c4c5c(ccc4n(-c4ccccn4)c3c2)c2ccccc2n2c(-c3ccccc3)nc(-c3ccccc3)c52)cc1. The Bertz CT molecular complexity index is 2800. The largest absolute Gasteiger partial charge is 0.294 e. The number of fused-ring (bicyclic) bond motifs is 10. The first kappa shape index (κ1) is 26.7. The molecule has 10 aromatic rings. The van der Waals surface area contributed by atoms with Crippen molar-refractivity contribution in [1.82, 2.24) is 18.9 Å². The molecule has 0 saturated heterocycles. The average molecular weight is 613 g/mol. The molecule has 224 valence electrons. The molecule has 4 heterocycles. The number of benzene rings is 6. The summed E-state index contributed by atoms with van der Waals surface area (Å²) in [5, 5.41) is 5.96. The molecule has 0 fully saturated rings. The number of pyridine rings is 2. The van der Waals surface area contributed by atoms with E-state index in [0.29, 0.717) is 0 Å². The lowest BCUT2D eigenvalue weighted by molar-refractivity contribution is 1.08. The van der Waals surface area contributed by atoms with Crippen molar-refractivity contribution < 1.29 is 0 Å². The standard InChI is InChI=1S/C44H28N4/c1-4-14-29(15-5-1)32-23-24-35-38(28-32)47(39-22-12-13-27-45-39)37-26-25-34-33-20-10-11-21-36(33)48-43(41(34)40(35)37)42(30-16-6-2-7-17-30)46-44(48)31-18-8-3-9-19-31/h1-28H. The minimum Gasteiger partial charge on any atom is -0.294 e. The summed E-state index contributed by atoms with van der Waals surface area (Å²) in [6.45, 7) is 0. The Hall–Kier alpha value is -6.52. The smallest absolute Gasteiger partial charge is 0.145 e. The van der Waals surface area contributed by atoms with Gasteiger partial charge in [0.2, 0.25) is 0 Å². The number of rotatable bonds is 4. The van der Waals surface area contributed by atoms with Gasteiger partial charge in [0.25, 0.3) is 0 Å². The van der Waals surface area contributed by atoms with Gasteiger partial charge in [0, 0.05) is 38.9 Å². The summed E-state index contributed by atoms with van der Waals surface area (Å²) in [5.74, 6) is 1.82. The minimum atomic E-state index is 0.889. The lowest BCUT2D eigenvalue weighted by Gasteiger charge is -2.13. The van der Waals surface area contributed by atoms with Gasteiger partial charge < -0.3 is 0 Å². The molecule has 0 radical (unpaired) electrons. The zero-order valence-electron chi connectivity index (χ0n) is 26.0. The van der Waals surface area contributed by atoms with E-state index in [-0.39, 0.29) is 0 Å². The van der Waals surface area contributed by atoms with Crippen LogP contribution in [-0.4, -0.2) is 18.9 Å². The van der Waals surface area contributed by atoms with Crippen molar-refractivity contribution in [1.29, 1.82) is 0 Å². The summed E-state index contributed by atoms with van der Waals surface area (Å²) >= 11 is 0. The van der Waals surface area contributed by atoms with Crippen LogP contribution in [-0.2, 0) is 0 Å². The lowest BCUT2D eigenvalue weighted by atomic mass is 9.97. The Balaban J connectivity index is 1.46.